The molecule has 1 heterocycles. The third-order valence-electron chi connectivity index (χ3n) is 3.22. The van der Waals surface area contributed by atoms with Gasteiger partial charge in [0.2, 0.25) is 0 Å². The van der Waals surface area contributed by atoms with Crippen LogP contribution in [0.1, 0.15) is 44.1 Å². The first kappa shape index (κ1) is 15.5. The summed E-state index contributed by atoms with van der Waals surface area (Å²) in [5, 5.41) is 13.9. The van der Waals surface area contributed by atoms with Crippen molar-refractivity contribution in [2.75, 3.05) is 13.6 Å². The molecule has 1 fully saturated rings. The molecule has 0 unspecified atom stereocenters. The van der Waals surface area contributed by atoms with Crippen LogP contribution in [0.3, 0.4) is 0 Å². The van der Waals surface area contributed by atoms with Gasteiger partial charge >= 0.3 is 12.2 Å². The Bertz CT molecular complexity index is 498. The van der Waals surface area contributed by atoms with E-state index in [1.165, 1.54) is 7.05 Å². The second-order valence-corrected chi connectivity index (χ2v) is 5.17. The monoisotopic (exact) mass is 306 g/mol. The molecule has 10 heteroatoms. The highest BCUT2D eigenvalue weighted by Gasteiger charge is 2.31. The minimum absolute atomic E-state index is 0.261. The summed E-state index contributed by atoms with van der Waals surface area (Å²) >= 11 is 0. The maximum absolute atomic E-state index is 12.1. The van der Waals surface area contributed by atoms with Crippen molar-refractivity contribution in [2.45, 2.75) is 44.4 Å². The fourth-order valence-electron chi connectivity index (χ4n) is 1.82. The maximum atomic E-state index is 12.1. The van der Waals surface area contributed by atoms with Crippen molar-refractivity contribution in [2.24, 2.45) is 0 Å². The van der Waals surface area contributed by atoms with Gasteiger partial charge in [0.25, 0.3) is 0 Å². The lowest BCUT2D eigenvalue weighted by Gasteiger charge is -2.21. The summed E-state index contributed by atoms with van der Waals surface area (Å²) in [4.78, 5) is 12.8. The van der Waals surface area contributed by atoms with E-state index in [9.17, 15) is 18.0 Å². The van der Waals surface area contributed by atoms with Gasteiger partial charge in [-0.15, -0.1) is 5.10 Å². The topological polar surface area (TPSA) is 75.9 Å². The molecular weight excluding hydrogens is 289 g/mol. The van der Waals surface area contributed by atoms with E-state index in [1.807, 2.05) is 0 Å². The molecule has 2 amide bonds. The van der Waals surface area contributed by atoms with Crippen molar-refractivity contribution in [3.63, 3.8) is 0 Å². The summed E-state index contributed by atoms with van der Waals surface area (Å²) in [5.41, 5.74) is 0. The van der Waals surface area contributed by atoms with E-state index in [4.69, 9.17) is 0 Å². The highest BCUT2D eigenvalue weighted by atomic mass is 19.4. The first-order valence-corrected chi connectivity index (χ1v) is 6.64. The number of aromatic nitrogens is 4. The highest BCUT2D eigenvalue weighted by Crippen LogP contribution is 2.35. The van der Waals surface area contributed by atoms with Gasteiger partial charge in [-0.3, -0.25) is 0 Å². The lowest BCUT2D eigenvalue weighted by atomic mass is 10.3. The average molecular weight is 306 g/mol. The number of urea groups is 1. The van der Waals surface area contributed by atoms with E-state index < -0.39 is 31.2 Å². The van der Waals surface area contributed by atoms with E-state index in [-0.39, 0.29) is 6.04 Å². The molecule has 1 aromatic rings. The van der Waals surface area contributed by atoms with Crippen molar-refractivity contribution in [1.29, 1.82) is 0 Å². The van der Waals surface area contributed by atoms with E-state index in [0.717, 1.165) is 17.7 Å². The number of hydrogen-bond acceptors (Lipinski definition) is 4. The lowest BCUT2D eigenvalue weighted by molar-refractivity contribution is -0.136. The Hall–Kier alpha value is -1.87. The van der Waals surface area contributed by atoms with Crippen LogP contribution in [0.25, 0.3) is 0 Å². The molecule has 0 radical (unpaired) electrons. The van der Waals surface area contributed by atoms with Crippen LogP contribution in [0.4, 0.5) is 18.0 Å². The van der Waals surface area contributed by atoms with Gasteiger partial charge in [-0.2, -0.15) is 13.2 Å². The number of rotatable bonds is 5. The molecule has 1 saturated carbocycles. The maximum Gasteiger partial charge on any atom is 0.390 e. The number of carbonyl (C=O) groups is 1. The van der Waals surface area contributed by atoms with Gasteiger partial charge in [-0.25, -0.2) is 9.48 Å². The Morgan fingerprint density at radius 1 is 1.52 bits per heavy atom. The van der Waals surface area contributed by atoms with Crippen molar-refractivity contribution < 1.29 is 18.0 Å². The van der Waals surface area contributed by atoms with Crippen LogP contribution in [0, 0.1) is 0 Å². The van der Waals surface area contributed by atoms with Crippen LogP contribution < -0.4 is 5.32 Å². The van der Waals surface area contributed by atoms with Gasteiger partial charge in [-0.1, -0.05) is 0 Å². The molecule has 0 saturated heterocycles. The van der Waals surface area contributed by atoms with Crippen LogP contribution in [0.5, 0.6) is 0 Å². The van der Waals surface area contributed by atoms with Crippen LogP contribution in [-0.2, 0) is 0 Å². The summed E-state index contributed by atoms with van der Waals surface area (Å²) in [5.74, 6) is 0.509. The van der Waals surface area contributed by atoms with Gasteiger partial charge in [0, 0.05) is 13.6 Å². The number of carbonyl (C=O) groups excluding carboxylic acids is 1. The molecule has 2 rings (SSSR count). The van der Waals surface area contributed by atoms with Crippen LogP contribution >= 0.6 is 0 Å². The Morgan fingerprint density at radius 2 is 2.19 bits per heavy atom. The molecule has 7 nitrogen and oxygen atoms in total. The van der Waals surface area contributed by atoms with Gasteiger partial charge in [0.15, 0.2) is 5.82 Å². The third kappa shape index (κ3) is 4.30. The molecule has 1 atom stereocenters. The number of hydrogen-bond donors (Lipinski definition) is 1. The van der Waals surface area contributed by atoms with E-state index in [2.05, 4.69) is 20.8 Å². The van der Waals surface area contributed by atoms with Gasteiger partial charge in [0.05, 0.1) is 18.5 Å². The first-order chi connectivity index (χ1) is 9.78. The Kier molecular flexibility index (Phi) is 4.33. The Balaban J connectivity index is 1.88. The number of nitrogens with zero attached hydrogens (tertiary/aromatic N) is 5. The standard InChI is InChI=1S/C11H17F3N6O/c1-7(9-16-17-18-20(9)8-3-4-8)15-10(21)19(2)6-5-11(12,13)14/h7-8H,3-6H2,1-2H3,(H,15,21)/t7-/m1/s1. The molecule has 1 aliphatic rings. The summed E-state index contributed by atoms with van der Waals surface area (Å²) in [7, 11) is 1.32. The minimum atomic E-state index is -4.28. The summed E-state index contributed by atoms with van der Waals surface area (Å²) in [6.45, 7) is 1.30. The van der Waals surface area contributed by atoms with Crippen molar-refractivity contribution in [1.82, 2.24) is 30.4 Å². The minimum Gasteiger partial charge on any atom is -0.328 e. The van der Waals surface area contributed by atoms with Crippen molar-refractivity contribution in [3.8, 4) is 0 Å². The van der Waals surface area contributed by atoms with Crippen molar-refractivity contribution >= 4 is 6.03 Å². The molecule has 1 aliphatic carbocycles. The fourth-order valence-corrected chi connectivity index (χ4v) is 1.82. The zero-order chi connectivity index (χ0) is 15.6. The molecular formula is C11H17F3N6O. The predicted octanol–water partition coefficient (Wildman–Crippen LogP) is 1.66. The highest BCUT2D eigenvalue weighted by molar-refractivity contribution is 5.74. The molecule has 1 aromatic heterocycles. The average Bonchev–Trinajstić information content (AvgIpc) is 3.12. The second kappa shape index (κ2) is 5.86. The van der Waals surface area contributed by atoms with Crippen LogP contribution in [0.15, 0.2) is 0 Å². The lowest BCUT2D eigenvalue weighted by Crippen LogP contribution is -2.40. The molecule has 118 valence electrons. The number of tetrazole rings is 1. The Morgan fingerprint density at radius 3 is 2.76 bits per heavy atom. The summed E-state index contributed by atoms with van der Waals surface area (Å²) < 4.78 is 38.0. The van der Waals surface area contributed by atoms with Crippen molar-refractivity contribution in [3.05, 3.63) is 5.82 Å². The smallest absolute Gasteiger partial charge is 0.328 e. The SMILES string of the molecule is C[C@@H](NC(=O)N(C)CCC(F)(F)F)c1nnnn1C1CC1. The van der Waals surface area contributed by atoms with Crippen LogP contribution in [0.2, 0.25) is 0 Å². The molecule has 0 aromatic carbocycles. The van der Waals surface area contributed by atoms with Crippen LogP contribution in [-0.4, -0.2) is 50.9 Å². The van der Waals surface area contributed by atoms with E-state index >= 15 is 0 Å². The van der Waals surface area contributed by atoms with Gasteiger partial charge < -0.3 is 10.2 Å². The molecule has 0 aliphatic heterocycles. The zero-order valence-electron chi connectivity index (χ0n) is 11.8. The van der Waals surface area contributed by atoms with Gasteiger partial charge in [0.1, 0.15) is 0 Å². The molecule has 0 spiro atoms. The quantitative estimate of drug-likeness (QED) is 0.897. The number of alkyl halides is 3. The second-order valence-electron chi connectivity index (χ2n) is 5.17. The fraction of sp³-hybridized carbons (Fsp3) is 0.818. The summed E-state index contributed by atoms with van der Waals surface area (Å²) in [6, 6.07) is -0.796. The molecule has 1 N–H and O–H groups in total. The van der Waals surface area contributed by atoms with E-state index in [0.29, 0.717) is 5.82 Å². The number of halogens is 3. The third-order valence-corrected chi connectivity index (χ3v) is 3.22. The molecule has 21 heavy (non-hydrogen) atoms. The first-order valence-electron chi connectivity index (χ1n) is 6.64. The summed E-state index contributed by atoms with van der Waals surface area (Å²) in [6.07, 6.45) is -3.34. The normalized spacial score (nSPS) is 16.6. The van der Waals surface area contributed by atoms with Gasteiger partial charge in [-0.05, 0) is 30.2 Å². The predicted molar refractivity (Wildman–Crippen MR) is 66.3 cm³/mol. The molecule has 0 bridgehead atoms. The Labute approximate surface area is 119 Å². The number of nitrogens with one attached hydrogen (secondary N) is 1. The largest absolute Gasteiger partial charge is 0.390 e. The number of amides is 2. The van der Waals surface area contributed by atoms with E-state index in [1.54, 1.807) is 11.6 Å². The zero-order valence-corrected chi connectivity index (χ0v) is 11.8.